The molecule has 0 aliphatic carbocycles. The van der Waals surface area contributed by atoms with Crippen molar-refractivity contribution in [2.75, 3.05) is 0 Å². The Hall–Kier alpha value is -3.91. The average molecular weight is 412 g/mol. The van der Waals surface area contributed by atoms with Crippen molar-refractivity contribution < 1.29 is 4.57 Å². The lowest BCUT2D eigenvalue weighted by molar-refractivity contribution is -0.644. The Morgan fingerprint density at radius 1 is 0.625 bits per heavy atom. The molecule has 0 unspecified atom stereocenters. The molecule has 0 N–H and O–H groups in total. The highest BCUT2D eigenvalue weighted by atomic mass is 15.0. The molecule has 2 nitrogen and oxygen atoms in total. The molecule has 0 atom stereocenters. The largest absolute Gasteiger partial charge is 0.303 e. The number of nitrogens with zero attached hydrogens (tertiary/aromatic N) is 2. The fourth-order valence-corrected chi connectivity index (χ4v) is 5.79. The molecule has 152 valence electrons. The van der Waals surface area contributed by atoms with Crippen LogP contribution >= 0.6 is 0 Å². The molecule has 0 aliphatic heterocycles. The average Bonchev–Trinajstić information content (AvgIpc) is 3.15. The van der Waals surface area contributed by atoms with Gasteiger partial charge in [-0.05, 0) is 53.6 Å². The van der Waals surface area contributed by atoms with E-state index in [4.69, 9.17) is 0 Å². The van der Waals surface area contributed by atoms with E-state index in [0.717, 1.165) is 0 Å². The van der Waals surface area contributed by atoms with Gasteiger partial charge in [0.15, 0.2) is 6.20 Å². The summed E-state index contributed by atoms with van der Waals surface area (Å²) in [5.41, 5.74) is 10.3. The van der Waals surface area contributed by atoms with E-state index in [9.17, 15) is 0 Å². The minimum atomic E-state index is 1.25. The zero-order chi connectivity index (χ0) is 21.6. The van der Waals surface area contributed by atoms with Gasteiger partial charge < -0.3 is 4.40 Å². The fourth-order valence-electron chi connectivity index (χ4n) is 5.79. The number of hydrogen-bond acceptors (Lipinski definition) is 0. The van der Waals surface area contributed by atoms with Crippen molar-refractivity contribution >= 4 is 49.0 Å². The molecule has 0 bridgehead atoms. The van der Waals surface area contributed by atoms with Crippen molar-refractivity contribution in [3.63, 3.8) is 0 Å². The predicted molar refractivity (Wildman–Crippen MR) is 135 cm³/mol. The zero-order valence-corrected chi connectivity index (χ0v) is 18.5. The molecular weight excluding hydrogens is 388 g/mol. The summed E-state index contributed by atoms with van der Waals surface area (Å²) in [6, 6.07) is 29.0. The van der Waals surface area contributed by atoms with E-state index >= 15 is 0 Å². The number of benzene rings is 4. The second-order valence-electron chi connectivity index (χ2n) is 9.06. The Bertz CT molecular complexity index is 1840. The Morgan fingerprint density at radius 2 is 1.47 bits per heavy atom. The van der Waals surface area contributed by atoms with Gasteiger partial charge in [-0.2, -0.15) is 4.57 Å². The summed E-state index contributed by atoms with van der Waals surface area (Å²) in [5.74, 6) is 0. The van der Waals surface area contributed by atoms with Crippen molar-refractivity contribution in [1.29, 1.82) is 0 Å². The van der Waals surface area contributed by atoms with Crippen LogP contribution in [0.3, 0.4) is 0 Å². The van der Waals surface area contributed by atoms with Crippen LogP contribution < -0.4 is 4.57 Å². The summed E-state index contributed by atoms with van der Waals surface area (Å²) < 4.78 is 4.80. The summed E-state index contributed by atoms with van der Waals surface area (Å²) in [4.78, 5) is 0. The van der Waals surface area contributed by atoms with Crippen LogP contribution in [-0.2, 0) is 7.05 Å². The number of rotatable bonds is 1. The standard InChI is InChI=1S/C30H23N2/c1-18-16-19(2)27-28-22(18)10-7-11-25(28)32-26-17-21(20-8-5-4-6-9-20)12-13-23(26)24-14-15-31(3)30(27)29(24)32/h4-17H,1-3H3/q+1. The highest BCUT2D eigenvalue weighted by molar-refractivity contribution is 6.26. The molecular formula is C30H23N2+. The smallest absolute Gasteiger partial charge is 0.238 e. The molecule has 2 heteroatoms. The van der Waals surface area contributed by atoms with E-state index < -0.39 is 0 Å². The monoisotopic (exact) mass is 411 g/mol. The molecule has 0 saturated carbocycles. The molecule has 0 amide bonds. The van der Waals surface area contributed by atoms with E-state index in [0.29, 0.717) is 0 Å². The summed E-state index contributed by atoms with van der Waals surface area (Å²) in [6.45, 7) is 4.48. The third-order valence-corrected chi connectivity index (χ3v) is 7.18. The first kappa shape index (κ1) is 17.7. The number of pyridine rings is 2. The van der Waals surface area contributed by atoms with Crippen molar-refractivity contribution in [2.24, 2.45) is 7.05 Å². The zero-order valence-electron chi connectivity index (χ0n) is 18.5. The maximum atomic E-state index is 2.50. The number of hydrogen-bond donors (Lipinski definition) is 0. The van der Waals surface area contributed by atoms with Crippen LogP contribution in [-0.4, -0.2) is 4.40 Å². The highest BCUT2D eigenvalue weighted by Gasteiger charge is 2.24. The summed E-state index contributed by atoms with van der Waals surface area (Å²) in [7, 11) is 2.17. The van der Waals surface area contributed by atoms with Crippen molar-refractivity contribution in [1.82, 2.24) is 4.40 Å². The number of fused-ring (bicyclic) bond motifs is 5. The van der Waals surface area contributed by atoms with E-state index in [1.807, 2.05) is 0 Å². The maximum Gasteiger partial charge on any atom is 0.238 e. The van der Waals surface area contributed by atoms with Gasteiger partial charge in [-0.1, -0.05) is 60.7 Å². The van der Waals surface area contributed by atoms with Crippen molar-refractivity contribution in [3.8, 4) is 11.1 Å². The topological polar surface area (TPSA) is 8.29 Å². The summed E-state index contributed by atoms with van der Waals surface area (Å²) in [6.07, 6.45) is 2.21. The lowest BCUT2D eigenvalue weighted by Gasteiger charge is -2.14. The van der Waals surface area contributed by atoms with Gasteiger partial charge in [0.2, 0.25) is 5.52 Å². The molecule has 0 saturated heterocycles. The van der Waals surface area contributed by atoms with Gasteiger partial charge >= 0.3 is 0 Å². The van der Waals surface area contributed by atoms with Crippen LogP contribution in [0.5, 0.6) is 0 Å². The van der Waals surface area contributed by atoms with Crippen LogP contribution in [0.2, 0.25) is 0 Å². The molecule has 0 fully saturated rings. The van der Waals surface area contributed by atoms with E-state index in [1.54, 1.807) is 0 Å². The first-order valence-electron chi connectivity index (χ1n) is 11.2. The van der Waals surface area contributed by atoms with Crippen molar-refractivity contribution in [3.05, 3.63) is 96.2 Å². The van der Waals surface area contributed by atoms with E-state index in [2.05, 4.69) is 115 Å². The van der Waals surface area contributed by atoms with Gasteiger partial charge in [0.25, 0.3) is 0 Å². The SMILES string of the molecule is Cc1cc(C)c2c3c1cccc3n1c3cc(-c4ccccc4)ccc3c3cc[n+](C)c2c31. The Kier molecular flexibility index (Phi) is 3.37. The summed E-state index contributed by atoms with van der Waals surface area (Å²) in [5, 5.41) is 6.69. The molecule has 0 spiro atoms. The molecule has 0 radical (unpaired) electrons. The van der Waals surface area contributed by atoms with Crippen LogP contribution in [0.4, 0.5) is 0 Å². The lowest BCUT2D eigenvalue weighted by atomic mass is 9.95. The molecule has 32 heavy (non-hydrogen) atoms. The van der Waals surface area contributed by atoms with Gasteiger partial charge in [0, 0.05) is 22.2 Å². The minimum absolute atomic E-state index is 1.25. The van der Waals surface area contributed by atoms with Gasteiger partial charge in [0.05, 0.1) is 16.4 Å². The van der Waals surface area contributed by atoms with Gasteiger partial charge in [-0.15, -0.1) is 0 Å². The Labute approximate surface area is 186 Å². The second-order valence-corrected chi connectivity index (χ2v) is 9.06. The van der Waals surface area contributed by atoms with Crippen molar-refractivity contribution in [2.45, 2.75) is 13.8 Å². The van der Waals surface area contributed by atoms with Gasteiger partial charge in [-0.3, -0.25) is 0 Å². The molecule has 0 aliphatic rings. The predicted octanol–water partition coefficient (Wildman–Crippen LogP) is 7.10. The Balaban J connectivity index is 1.81. The van der Waals surface area contributed by atoms with Crippen LogP contribution in [0, 0.1) is 13.8 Å². The van der Waals surface area contributed by atoms with Crippen LogP contribution in [0.15, 0.2) is 85.1 Å². The fraction of sp³-hybridized carbons (Fsp3) is 0.100. The van der Waals surface area contributed by atoms with Gasteiger partial charge in [-0.25, -0.2) is 0 Å². The lowest BCUT2D eigenvalue weighted by Crippen LogP contribution is -2.29. The van der Waals surface area contributed by atoms with E-state index in [-0.39, 0.29) is 0 Å². The van der Waals surface area contributed by atoms with E-state index in [1.165, 1.54) is 71.3 Å². The normalized spacial score (nSPS) is 12.2. The molecule has 3 aromatic heterocycles. The number of aromatic nitrogens is 2. The third kappa shape index (κ3) is 2.12. The minimum Gasteiger partial charge on any atom is -0.303 e. The highest BCUT2D eigenvalue weighted by Crippen LogP contribution is 2.41. The summed E-state index contributed by atoms with van der Waals surface area (Å²) >= 11 is 0. The second kappa shape index (κ2) is 6.08. The van der Waals surface area contributed by atoms with Crippen LogP contribution in [0.25, 0.3) is 60.1 Å². The third-order valence-electron chi connectivity index (χ3n) is 7.18. The quantitative estimate of drug-likeness (QED) is 0.155. The van der Waals surface area contributed by atoms with Gasteiger partial charge in [0.1, 0.15) is 12.6 Å². The maximum absolute atomic E-state index is 2.50. The Morgan fingerprint density at radius 3 is 2.31 bits per heavy atom. The number of aryl methyl sites for hydroxylation is 3. The molecule has 4 aromatic carbocycles. The first-order chi connectivity index (χ1) is 15.6. The first-order valence-corrected chi connectivity index (χ1v) is 11.2. The molecule has 7 aromatic rings. The molecule has 7 rings (SSSR count). The van der Waals surface area contributed by atoms with Crippen LogP contribution in [0.1, 0.15) is 11.1 Å². The molecule has 3 heterocycles.